The minimum atomic E-state index is -0.541. The topological polar surface area (TPSA) is 73.8 Å². The van der Waals surface area contributed by atoms with Gasteiger partial charge in [0.15, 0.2) is 0 Å². The quantitative estimate of drug-likeness (QED) is 0.526. The number of aliphatic hydroxyl groups excluding tert-OH is 1. The van der Waals surface area contributed by atoms with Crippen LogP contribution >= 0.6 is 0 Å². The standard InChI is InChI=1S/C11H23N3O3/c1-3-17-8-9(15)7-14-5-4-13-6-10(14)11(16)12-2/h9-10,13,15H,3-8H2,1-2H3,(H,12,16). The maximum atomic E-state index is 11.7. The molecule has 1 heterocycles. The van der Waals surface area contributed by atoms with Crippen LogP contribution in [0.5, 0.6) is 0 Å². The summed E-state index contributed by atoms with van der Waals surface area (Å²) in [4.78, 5) is 13.7. The number of carbonyl (C=O) groups is 1. The van der Waals surface area contributed by atoms with E-state index in [9.17, 15) is 9.90 Å². The van der Waals surface area contributed by atoms with E-state index < -0.39 is 6.10 Å². The maximum absolute atomic E-state index is 11.7. The summed E-state index contributed by atoms with van der Waals surface area (Å²) in [7, 11) is 1.63. The third-order valence-electron chi connectivity index (χ3n) is 2.86. The zero-order chi connectivity index (χ0) is 12.7. The molecule has 1 fully saturated rings. The fraction of sp³-hybridized carbons (Fsp3) is 0.909. The Morgan fingerprint density at radius 3 is 3.12 bits per heavy atom. The molecule has 1 aliphatic heterocycles. The lowest BCUT2D eigenvalue weighted by Gasteiger charge is -2.35. The number of piperazine rings is 1. The highest BCUT2D eigenvalue weighted by molar-refractivity contribution is 5.81. The van der Waals surface area contributed by atoms with Crippen molar-refractivity contribution >= 4 is 5.91 Å². The monoisotopic (exact) mass is 245 g/mol. The Balaban J connectivity index is 2.44. The van der Waals surface area contributed by atoms with Crippen LogP contribution in [0.25, 0.3) is 0 Å². The number of carbonyl (C=O) groups excluding carboxylic acids is 1. The van der Waals surface area contributed by atoms with Crippen molar-refractivity contribution in [1.29, 1.82) is 0 Å². The van der Waals surface area contributed by atoms with Crippen molar-refractivity contribution in [2.45, 2.75) is 19.1 Å². The fourth-order valence-corrected chi connectivity index (χ4v) is 1.97. The van der Waals surface area contributed by atoms with Crippen molar-refractivity contribution < 1.29 is 14.6 Å². The molecule has 0 bridgehead atoms. The van der Waals surface area contributed by atoms with Crippen LogP contribution < -0.4 is 10.6 Å². The molecule has 6 heteroatoms. The lowest BCUT2D eigenvalue weighted by atomic mass is 10.1. The number of rotatable bonds is 6. The zero-order valence-electron chi connectivity index (χ0n) is 10.6. The first-order valence-corrected chi connectivity index (χ1v) is 6.11. The second kappa shape index (κ2) is 7.60. The number of hydrogen-bond acceptors (Lipinski definition) is 5. The SMILES string of the molecule is CCOCC(O)CN1CCNCC1C(=O)NC. The molecular weight excluding hydrogens is 222 g/mol. The Labute approximate surface area is 102 Å². The molecule has 0 aromatic carbocycles. The number of amides is 1. The predicted octanol–water partition coefficient (Wildman–Crippen LogP) is -1.60. The van der Waals surface area contributed by atoms with Gasteiger partial charge in [0.25, 0.3) is 0 Å². The van der Waals surface area contributed by atoms with Crippen LogP contribution in [-0.4, -0.2) is 74.5 Å². The first-order valence-electron chi connectivity index (χ1n) is 6.11. The van der Waals surface area contributed by atoms with E-state index in [1.165, 1.54) is 0 Å². The van der Waals surface area contributed by atoms with Gasteiger partial charge in [-0.2, -0.15) is 0 Å². The number of ether oxygens (including phenoxy) is 1. The van der Waals surface area contributed by atoms with Crippen LogP contribution in [0.4, 0.5) is 0 Å². The summed E-state index contributed by atoms with van der Waals surface area (Å²) in [6.07, 6.45) is -0.541. The van der Waals surface area contributed by atoms with Crippen LogP contribution in [0.1, 0.15) is 6.92 Å². The molecule has 2 unspecified atom stereocenters. The van der Waals surface area contributed by atoms with Gasteiger partial charge in [-0.25, -0.2) is 0 Å². The predicted molar refractivity (Wildman–Crippen MR) is 64.8 cm³/mol. The molecular formula is C11H23N3O3. The molecule has 1 amide bonds. The lowest BCUT2D eigenvalue weighted by Crippen LogP contribution is -2.59. The molecule has 6 nitrogen and oxygen atoms in total. The van der Waals surface area contributed by atoms with Crippen LogP contribution in [-0.2, 0) is 9.53 Å². The van der Waals surface area contributed by atoms with Crippen molar-refractivity contribution in [3.63, 3.8) is 0 Å². The van der Waals surface area contributed by atoms with Gasteiger partial charge in [0.1, 0.15) is 6.04 Å². The molecule has 17 heavy (non-hydrogen) atoms. The molecule has 1 aliphatic rings. The van der Waals surface area contributed by atoms with E-state index >= 15 is 0 Å². The second-order valence-electron chi connectivity index (χ2n) is 4.14. The van der Waals surface area contributed by atoms with Crippen LogP contribution in [0.15, 0.2) is 0 Å². The average molecular weight is 245 g/mol. The summed E-state index contributed by atoms with van der Waals surface area (Å²) in [5.74, 6) is -0.0131. The summed E-state index contributed by atoms with van der Waals surface area (Å²) in [6, 6.07) is -0.204. The van der Waals surface area contributed by atoms with E-state index in [-0.39, 0.29) is 11.9 Å². The van der Waals surface area contributed by atoms with E-state index in [4.69, 9.17) is 4.74 Å². The number of likely N-dealkylation sites (N-methyl/N-ethyl adjacent to an activating group) is 1. The summed E-state index contributed by atoms with van der Waals surface area (Å²) in [5.41, 5.74) is 0. The van der Waals surface area contributed by atoms with E-state index in [2.05, 4.69) is 10.6 Å². The van der Waals surface area contributed by atoms with Crippen molar-refractivity contribution in [3.8, 4) is 0 Å². The van der Waals surface area contributed by atoms with Crippen molar-refractivity contribution in [3.05, 3.63) is 0 Å². The van der Waals surface area contributed by atoms with E-state index in [0.29, 0.717) is 26.3 Å². The number of hydrogen-bond donors (Lipinski definition) is 3. The summed E-state index contributed by atoms with van der Waals surface area (Å²) in [5, 5.41) is 15.6. The number of β-amino-alcohol motifs (C(OH)–C–C–N with tert-alkyl or cyclic N) is 1. The second-order valence-corrected chi connectivity index (χ2v) is 4.14. The molecule has 3 N–H and O–H groups in total. The van der Waals surface area contributed by atoms with Crippen LogP contribution in [0.3, 0.4) is 0 Å². The molecule has 2 atom stereocenters. The molecule has 0 aromatic rings. The molecule has 0 aromatic heterocycles. The van der Waals surface area contributed by atoms with E-state index in [1.807, 2.05) is 11.8 Å². The summed E-state index contributed by atoms with van der Waals surface area (Å²) in [6.45, 7) is 5.51. The maximum Gasteiger partial charge on any atom is 0.238 e. The molecule has 0 aliphatic carbocycles. The Kier molecular flexibility index (Phi) is 6.43. The van der Waals surface area contributed by atoms with Crippen LogP contribution in [0, 0.1) is 0 Å². The smallest absolute Gasteiger partial charge is 0.238 e. The van der Waals surface area contributed by atoms with Gasteiger partial charge in [-0.05, 0) is 6.92 Å². The first kappa shape index (κ1) is 14.4. The van der Waals surface area contributed by atoms with E-state index in [1.54, 1.807) is 7.05 Å². The lowest BCUT2D eigenvalue weighted by molar-refractivity contribution is -0.127. The minimum absolute atomic E-state index is 0.0131. The van der Waals surface area contributed by atoms with E-state index in [0.717, 1.165) is 13.1 Å². The van der Waals surface area contributed by atoms with Gasteiger partial charge in [0.2, 0.25) is 5.91 Å². The summed E-state index contributed by atoms with van der Waals surface area (Å²) >= 11 is 0. The average Bonchev–Trinajstić information content (AvgIpc) is 2.36. The Morgan fingerprint density at radius 2 is 2.47 bits per heavy atom. The van der Waals surface area contributed by atoms with Gasteiger partial charge in [0.05, 0.1) is 12.7 Å². The molecule has 0 spiro atoms. The molecule has 1 rings (SSSR count). The molecule has 0 saturated carbocycles. The highest BCUT2D eigenvalue weighted by Crippen LogP contribution is 2.05. The van der Waals surface area contributed by atoms with Gasteiger partial charge in [0, 0.05) is 39.8 Å². The van der Waals surface area contributed by atoms with Gasteiger partial charge in [-0.3, -0.25) is 9.69 Å². The van der Waals surface area contributed by atoms with Crippen molar-refractivity contribution in [2.75, 3.05) is 46.4 Å². The Hall–Kier alpha value is -0.690. The number of nitrogens with zero attached hydrogens (tertiary/aromatic N) is 1. The third kappa shape index (κ3) is 4.59. The van der Waals surface area contributed by atoms with Crippen molar-refractivity contribution in [1.82, 2.24) is 15.5 Å². The van der Waals surface area contributed by atoms with Crippen molar-refractivity contribution in [2.24, 2.45) is 0 Å². The molecule has 1 saturated heterocycles. The third-order valence-corrected chi connectivity index (χ3v) is 2.86. The normalized spacial score (nSPS) is 23.4. The summed E-state index contributed by atoms with van der Waals surface area (Å²) < 4.78 is 5.17. The van der Waals surface area contributed by atoms with Crippen LogP contribution in [0.2, 0.25) is 0 Å². The number of nitrogens with one attached hydrogen (secondary N) is 2. The molecule has 100 valence electrons. The van der Waals surface area contributed by atoms with Gasteiger partial charge in [-0.15, -0.1) is 0 Å². The Bertz CT molecular complexity index is 238. The largest absolute Gasteiger partial charge is 0.389 e. The fourth-order valence-electron chi connectivity index (χ4n) is 1.97. The van der Waals surface area contributed by atoms with Gasteiger partial charge < -0.3 is 20.5 Å². The highest BCUT2D eigenvalue weighted by Gasteiger charge is 2.28. The zero-order valence-corrected chi connectivity index (χ0v) is 10.6. The first-order chi connectivity index (χ1) is 8.19. The van der Waals surface area contributed by atoms with Gasteiger partial charge in [-0.1, -0.05) is 0 Å². The number of aliphatic hydroxyl groups is 1. The minimum Gasteiger partial charge on any atom is -0.389 e. The highest BCUT2D eigenvalue weighted by atomic mass is 16.5. The van der Waals surface area contributed by atoms with Gasteiger partial charge >= 0.3 is 0 Å². The Morgan fingerprint density at radius 1 is 1.71 bits per heavy atom. The molecule has 0 radical (unpaired) electrons.